The number of carbonyl (C=O) groups is 2. The van der Waals surface area contributed by atoms with Crippen molar-refractivity contribution in [3.8, 4) is 0 Å². The van der Waals surface area contributed by atoms with Crippen molar-refractivity contribution in [2.75, 3.05) is 19.8 Å². The van der Waals surface area contributed by atoms with E-state index in [4.69, 9.17) is 14.2 Å². The summed E-state index contributed by atoms with van der Waals surface area (Å²) in [6, 6.07) is -0.803. The standard InChI is InChI=1S/C20H33NO10.H2O/c1-10(23)21-14-16(26)19(4,13(7-22)31-18(14,2)3)8-29-9-20(5)15(25)11(24)6-12(30-20)17(27)28;/h6,11,13-16,22,24-26H,7-9H2,1-5H3,(H,21,23)(H,27,28);1H2/p-1/t11-,13?,14?,15?,16+,19-,20-;/m1./s1. The fourth-order valence-corrected chi connectivity index (χ4v) is 4.07. The van der Waals surface area contributed by atoms with Gasteiger partial charge in [0.15, 0.2) is 5.60 Å². The van der Waals surface area contributed by atoms with Crippen molar-refractivity contribution in [3.05, 3.63) is 11.8 Å². The van der Waals surface area contributed by atoms with Gasteiger partial charge in [-0.25, -0.2) is 0 Å². The summed E-state index contributed by atoms with van der Waals surface area (Å²) in [4.78, 5) is 22.8. The normalized spacial score (nSPS) is 38.7. The van der Waals surface area contributed by atoms with Crippen molar-refractivity contribution in [2.45, 2.75) is 76.3 Å². The predicted molar refractivity (Wildman–Crippen MR) is 107 cm³/mol. The number of amides is 1. The summed E-state index contributed by atoms with van der Waals surface area (Å²) >= 11 is 0. The molecule has 12 heteroatoms. The monoisotopic (exact) mass is 464 g/mol. The third-order valence-electron chi connectivity index (χ3n) is 6.06. The van der Waals surface area contributed by atoms with Gasteiger partial charge < -0.3 is 55.3 Å². The maximum absolute atomic E-state index is 11.6. The number of ether oxygens (including phenoxy) is 3. The molecule has 7 atom stereocenters. The van der Waals surface area contributed by atoms with Crippen molar-refractivity contribution in [3.63, 3.8) is 0 Å². The van der Waals surface area contributed by atoms with Crippen LogP contribution in [0.4, 0.5) is 0 Å². The van der Waals surface area contributed by atoms with Crippen molar-refractivity contribution < 1.29 is 54.8 Å². The number of carbonyl (C=O) groups excluding carboxylic acids is 2. The zero-order valence-electron chi connectivity index (χ0n) is 18.8. The Hall–Kier alpha value is -1.80. The Morgan fingerprint density at radius 1 is 1.16 bits per heavy atom. The minimum Gasteiger partial charge on any atom is -0.542 e. The molecular formula is C20H34NO11-. The van der Waals surface area contributed by atoms with Gasteiger partial charge >= 0.3 is 0 Å². The number of carboxylic acid groups (broad SMARTS) is 1. The lowest BCUT2D eigenvalue weighted by molar-refractivity contribution is -0.307. The second-order valence-electron chi connectivity index (χ2n) is 9.18. The van der Waals surface area contributed by atoms with Crippen molar-refractivity contribution >= 4 is 11.9 Å². The van der Waals surface area contributed by atoms with Gasteiger partial charge in [0.25, 0.3) is 0 Å². The van der Waals surface area contributed by atoms with Crippen LogP contribution >= 0.6 is 0 Å². The molecule has 12 nitrogen and oxygen atoms in total. The van der Waals surface area contributed by atoms with E-state index in [9.17, 15) is 35.1 Å². The van der Waals surface area contributed by atoms with Crippen LogP contribution in [0.5, 0.6) is 0 Å². The second kappa shape index (κ2) is 10.00. The smallest absolute Gasteiger partial charge is 0.217 e. The van der Waals surface area contributed by atoms with E-state index in [1.807, 2.05) is 0 Å². The highest BCUT2D eigenvalue weighted by Gasteiger charge is 2.56. The first-order valence-corrected chi connectivity index (χ1v) is 9.98. The van der Waals surface area contributed by atoms with E-state index >= 15 is 0 Å². The van der Waals surface area contributed by atoms with Crippen LogP contribution in [0.1, 0.15) is 34.6 Å². The number of nitrogens with one attached hydrogen (secondary N) is 1. The number of hydrogen-bond acceptors (Lipinski definition) is 10. The van der Waals surface area contributed by atoms with E-state index in [1.165, 1.54) is 13.8 Å². The van der Waals surface area contributed by atoms with Crippen molar-refractivity contribution in [1.29, 1.82) is 0 Å². The van der Waals surface area contributed by atoms with Gasteiger partial charge in [0.1, 0.15) is 23.9 Å². The van der Waals surface area contributed by atoms with Gasteiger partial charge in [-0.1, -0.05) is 6.92 Å². The molecule has 0 bridgehead atoms. The molecule has 32 heavy (non-hydrogen) atoms. The Bertz CT molecular complexity index is 726. The molecule has 2 aliphatic heterocycles. The van der Waals surface area contributed by atoms with Crippen LogP contribution in [0.2, 0.25) is 0 Å². The van der Waals surface area contributed by atoms with Gasteiger partial charge in [0.05, 0.1) is 43.7 Å². The Morgan fingerprint density at radius 3 is 2.25 bits per heavy atom. The summed E-state index contributed by atoms with van der Waals surface area (Å²) in [5.41, 5.74) is -3.78. The molecule has 1 saturated heterocycles. The molecule has 2 rings (SSSR count). The molecule has 0 spiro atoms. The third-order valence-corrected chi connectivity index (χ3v) is 6.06. The fourth-order valence-electron chi connectivity index (χ4n) is 4.07. The van der Waals surface area contributed by atoms with Crippen LogP contribution in [-0.2, 0) is 23.8 Å². The van der Waals surface area contributed by atoms with Crippen LogP contribution in [0.15, 0.2) is 11.8 Å². The average molecular weight is 464 g/mol. The molecule has 0 aromatic carbocycles. The SMILES string of the molecule is CC(=O)NC1[C@H](O)[C@](C)(COC[C@@]2(C)OC(C(=O)[O-])=C[C@@H](O)C2O)C(CO)OC1(C)C.O. The first kappa shape index (κ1) is 28.2. The lowest BCUT2D eigenvalue weighted by Crippen LogP contribution is -2.70. The zero-order valence-corrected chi connectivity index (χ0v) is 18.8. The quantitative estimate of drug-likeness (QED) is 0.249. The molecule has 0 radical (unpaired) electrons. The Morgan fingerprint density at radius 2 is 1.75 bits per heavy atom. The number of aliphatic hydroxyl groups is 4. The molecule has 0 aromatic heterocycles. The number of carboxylic acids is 1. The highest BCUT2D eigenvalue weighted by Crippen LogP contribution is 2.42. The molecule has 186 valence electrons. The molecule has 0 saturated carbocycles. The van der Waals surface area contributed by atoms with E-state index in [0.717, 1.165) is 6.08 Å². The minimum absolute atomic E-state index is 0. The van der Waals surface area contributed by atoms with Gasteiger partial charge in [-0.15, -0.1) is 0 Å². The average Bonchev–Trinajstić information content (AvgIpc) is 2.66. The molecule has 1 fully saturated rings. The Labute approximate surface area is 186 Å². The zero-order chi connectivity index (χ0) is 23.8. The maximum Gasteiger partial charge on any atom is 0.217 e. The largest absolute Gasteiger partial charge is 0.542 e. The van der Waals surface area contributed by atoms with Crippen molar-refractivity contribution in [2.24, 2.45) is 5.41 Å². The summed E-state index contributed by atoms with van der Waals surface area (Å²) in [7, 11) is 0. The molecule has 2 heterocycles. The van der Waals surface area contributed by atoms with E-state index in [-0.39, 0.29) is 24.6 Å². The highest BCUT2D eigenvalue weighted by atomic mass is 16.6. The number of aliphatic carboxylic acids is 1. The van der Waals surface area contributed by atoms with Crippen LogP contribution in [-0.4, -0.2) is 99.3 Å². The van der Waals surface area contributed by atoms with E-state index < -0.39 is 65.4 Å². The summed E-state index contributed by atoms with van der Waals surface area (Å²) < 4.78 is 16.9. The van der Waals surface area contributed by atoms with Gasteiger partial charge in [-0.2, -0.15) is 0 Å². The summed E-state index contributed by atoms with van der Waals surface area (Å²) in [5, 5.41) is 55.0. The number of aliphatic hydroxyl groups excluding tert-OH is 4. The van der Waals surface area contributed by atoms with Crippen LogP contribution < -0.4 is 10.4 Å². The number of rotatable bonds is 7. The lowest BCUT2D eigenvalue weighted by atomic mass is 9.70. The first-order chi connectivity index (χ1) is 14.2. The van der Waals surface area contributed by atoms with Gasteiger partial charge in [0, 0.05) is 12.3 Å². The molecule has 0 aliphatic carbocycles. The molecule has 1 amide bonds. The van der Waals surface area contributed by atoms with E-state index in [0.29, 0.717) is 0 Å². The Kier molecular flexibility index (Phi) is 8.82. The molecular weight excluding hydrogens is 430 g/mol. The maximum atomic E-state index is 11.6. The Balaban J connectivity index is 0.00000512. The second-order valence-corrected chi connectivity index (χ2v) is 9.18. The van der Waals surface area contributed by atoms with Crippen LogP contribution in [0.25, 0.3) is 0 Å². The topological polar surface area (TPSA) is 209 Å². The predicted octanol–water partition coefficient (Wildman–Crippen LogP) is -3.64. The minimum atomic E-state index is -1.65. The van der Waals surface area contributed by atoms with Gasteiger partial charge in [-0.05, 0) is 26.8 Å². The van der Waals surface area contributed by atoms with E-state index in [1.54, 1.807) is 20.8 Å². The summed E-state index contributed by atoms with van der Waals surface area (Å²) in [6.07, 6.45) is -4.19. The summed E-state index contributed by atoms with van der Waals surface area (Å²) in [6.45, 7) is 6.67. The third kappa shape index (κ3) is 5.39. The van der Waals surface area contributed by atoms with Gasteiger partial charge in [-0.3, -0.25) is 4.79 Å². The molecule has 0 aromatic rings. The first-order valence-electron chi connectivity index (χ1n) is 9.98. The van der Waals surface area contributed by atoms with Crippen LogP contribution in [0, 0.1) is 5.41 Å². The summed E-state index contributed by atoms with van der Waals surface area (Å²) in [5.74, 6) is -2.65. The molecule has 7 N–H and O–H groups in total. The van der Waals surface area contributed by atoms with Crippen LogP contribution in [0.3, 0.4) is 0 Å². The highest BCUT2D eigenvalue weighted by molar-refractivity contribution is 5.82. The molecule has 3 unspecified atom stereocenters. The molecule has 2 aliphatic rings. The van der Waals surface area contributed by atoms with E-state index in [2.05, 4.69) is 5.32 Å². The lowest BCUT2D eigenvalue weighted by Gasteiger charge is -2.54. The van der Waals surface area contributed by atoms with Crippen molar-refractivity contribution in [1.82, 2.24) is 5.32 Å². The number of hydrogen-bond donors (Lipinski definition) is 5. The van der Waals surface area contributed by atoms with Gasteiger partial charge in [0.2, 0.25) is 5.91 Å². The fraction of sp³-hybridized carbons (Fsp3) is 0.800.